The molecular formula is C16H21BrN2OS. The van der Waals surface area contributed by atoms with Crippen molar-refractivity contribution < 1.29 is 4.74 Å². The number of hydrogen-bond acceptors (Lipinski definition) is 4. The van der Waals surface area contributed by atoms with Crippen LogP contribution in [-0.4, -0.2) is 18.1 Å². The van der Waals surface area contributed by atoms with Crippen molar-refractivity contribution in [3.63, 3.8) is 0 Å². The van der Waals surface area contributed by atoms with Gasteiger partial charge >= 0.3 is 0 Å². The summed E-state index contributed by atoms with van der Waals surface area (Å²) in [5.41, 5.74) is 1.14. The van der Waals surface area contributed by atoms with Crippen LogP contribution in [0.4, 0.5) is 0 Å². The minimum atomic E-state index is 0.150. The van der Waals surface area contributed by atoms with Crippen molar-refractivity contribution in [1.29, 1.82) is 0 Å². The van der Waals surface area contributed by atoms with E-state index in [4.69, 9.17) is 4.74 Å². The zero-order valence-corrected chi connectivity index (χ0v) is 14.8. The Labute approximate surface area is 138 Å². The lowest BCUT2D eigenvalue weighted by Gasteiger charge is -2.19. The maximum absolute atomic E-state index is 5.70. The van der Waals surface area contributed by atoms with E-state index in [0.717, 1.165) is 41.8 Å². The predicted octanol–water partition coefficient (Wildman–Crippen LogP) is 4.78. The molecule has 3 nitrogen and oxygen atoms in total. The minimum Gasteiger partial charge on any atom is -0.492 e. The molecule has 0 saturated heterocycles. The second-order valence-corrected chi connectivity index (χ2v) is 6.62. The van der Waals surface area contributed by atoms with E-state index < -0.39 is 0 Å². The molecular weight excluding hydrogens is 348 g/mol. The van der Waals surface area contributed by atoms with Crippen LogP contribution in [0.25, 0.3) is 0 Å². The SMILES string of the molecule is CCCNC(c1cncc(OCCC)c1)c1sccc1Br. The number of nitrogens with zero attached hydrogens (tertiary/aromatic N) is 1. The summed E-state index contributed by atoms with van der Waals surface area (Å²) in [6.45, 7) is 5.97. The molecule has 0 aliphatic rings. The maximum Gasteiger partial charge on any atom is 0.137 e. The Hall–Kier alpha value is -0.910. The molecule has 0 fully saturated rings. The normalized spacial score (nSPS) is 12.3. The number of thiophene rings is 1. The summed E-state index contributed by atoms with van der Waals surface area (Å²) in [6.07, 6.45) is 5.79. The van der Waals surface area contributed by atoms with Crippen LogP contribution in [0.1, 0.15) is 43.2 Å². The largest absolute Gasteiger partial charge is 0.492 e. The molecule has 2 rings (SSSR count). The highest BCUT2D eigenvalue weighted by atomic mass is 79.9. The first-order valence-corrected chi connectivity index (χ1v) is 8.97. The van der Waals surface area contributed by atoms with Crippen LogP contribution in [0, 0.1) is 0 Å². The molecule has 2 aromatic rings. The van der Waals surface area contributed by atoms with E-state index in [-0.39, 0.29) is 6.04 Å². The van der Waals surface area contributed by atoms with Crippen molar-refractivity contribution in [2.45, 2.75) is 32.7 Å². The maximum atomic E-state index is 5.70. The smallest absolute Gasteiger partial charge is 0.137 e. The highest BCUT2D eigenvalue weighted by Crippen LogP contribution is 2.33. The molecule has 2 heterocycles. The van der Waals surface area contributed by atoms with Crippen molar-refractivity contribution in [2.75, 3.05) is 13.2 Å². The highest BCUT2D eigenvalue weighted by molar-refractivity contribution is 9.10. The average molecular weight is 369 g/mol. The summed E-state index contributed by atoms with van der Waals surface area (Å²) in [5, 5.41) is 5.70. The third kappa shape index (κ3) is 4.53. The summed E-state index contributed by atoms with van der Waals surface area (Å²) in [6, 6.07) is 4.32. The Morgan fingerprint density at radius 2 is 2.19 bits per heavy atom. The Morgan fingerprint density at radius 1 is 1.33 bits per heavy atom. The summed E-state index contributed by atoms with van der Waals surface area (Å²) >= 11 is 5.38. The molecule has 1 unspecified atom stereocenters. The zero-order valence-electron chi connectivity index (χ0n) is 12.4. The van der Waals surface area contributed by atoms with Gasteiger partial charge in [0.1, 0.15) is 5.75 Å². The van der Waals surface area contributed by atoms with Gasteiger partial charge in [-0.05, 0) is 58.4 Å². The molecule has 0 aromatic carbocycles. The van der Waals surface area contributed by atoms with Gasteiger partial charge in [0.15, 0.2) is 0 Å². The molecule has 21 heavy (non-hydrogen) atoms. The van der Waals surface area contributed by atoms with Crippen molar-refractivity contribution in [1.82, 2.24) is 10.3 Å². The summed E-state index contributed by atoms with van der Waals surface area (Å²) in [7, 11) is 0. The Morgan fingerprint density at radius 3 is 2.86 bits per heavy atom. The molecule has 2 aromatic heterocycles. The number of rotatable bonds is 8. The van der Waals surface area contributed by atoms with E-state index in [0.29, 0.717) is 0 Å². The van der Waals surface area contributed by atoms with Gasteiger partial charge in [0.2, 0.25) is 0 Å². The first kappa shape index (κ1) is 16.5. The molecule has 0 radical (unpaired) electrons. The van der Waals surface area contributed by atoms with E-state index in [1.165, 1.54) is 4.88 Å². The van der Waals surface area contributed by atoms with Crippen LogP contribution in [0.2, 0.25) is 0 Å². The predicted molar refractivity (Wildman–Crippen MR) is 92.2 cm³/mol. The Kier molecular flexibility index (Phi) is 6.67. The monoisotopic (exact) mass is 368 g/mol. The topological polar surface area (TPSA) is 34.2 Å². The van der Waals surface area contributed by atoms with Crippen LogP contribution in [-0.2, 0) is 0 Å². The van der Waals surface area contributed by atoms with Crippen LogP contribution < -0.4 is 10.1 Å². The van der Waals surface area contributed by atoms with E-state index in [1.54, 1.807) is 17.5 Å². The number of nitrogens with one attached hydrogen (secondary N) is 1. The lowest BCUT2D eigenvalue weighted by Crippen LogP contribution is -2.22. The minimum absolute atomic E-state index is 0.150. The molecule has 0 bridgehead atoms. The molecule has 0 spiro atoms. The highest BCUT2D eigenvalue weighted by Gasteiger charge is 2.18. The van der Waals surface area contributed by atoms with E-state index in [1.807, 2.05) is 6.20 Å². The Bertz CT molecular complexity index is 559. The fraction of sp³-hybridized carbons (Fsp3) is 0.438. The lowest BCUT2D eigenvalue weighted by molar-refractivity contribution is 0.315. The number of halogens is 1. The van der Waals surface area contributed by atoms with Crippen molar-refractivity contribution in [3.05, 3.63) is 44.8 Å². The first-order valence-electron chi connectivity index (χ1n) is 7.30. The molecule has 5 heteroatoms. The zero-order chi connectivity index (χ0) is 15.1. The number of pyridine rings is 1. The molecule has 0 aliphatic carbocycles. The van der Waals surface area contributed by atoms with Crippen molar-refractivity contribution in [3.8, 4) is 5.75 Å². The van der Waals surface area contributed by atoms with Gasteiger partial charge in [-0.3, -0.25) is 4.98 Å². The lowest BCUT2D eigenvalue weighted by atomic mass is 10.1. The third-order valence-electron chi connectivity index (χ3n) is 3.05. The van der Waals surface area contributed by atoms with Crippen LogP contribution in [0.3, 0.4) is 0 Å². The number of aromatic nitrogens is 1. The molecule has 1 atom stereocenters. The fourth-order valence-electron chi connectivity index (χ4n) is 2.05. The number of ether oxygens (including phenoxy) is 1. The molecule has 0 aliphatic heterocycles. The molecule has 114 valence electrons. The van der Waals surface area contributed by atoms with Crippen LogP contribution in [0.5, 0.6) is 5.75 Å². The molecule has 0 amide bonds. The van der Waals surface area contributed by atoms with Gasteiger partial charge < -0.3 is 10.1 Å². The van der Waals surface area contributed by atoms with Crippen molar-refractivity contribution in [2.24, 2.45) is 0 Å². The molecule has 1 N–H and O–H groups in total. The van der Waals surface area contributed by atoms with E-state index in [9.17, 15) is 0 Å². The second kappa shape index (κ2) is 8.51. The standard InChI is InChI=1S/C16H21BrN2OS/c1-3-6-19-15(16-14(17)5-8-21-16)12-9-13(11-18-10-12)20-7-4-2/h5,8-11,15,19H,3-4,6-7H2,1-2H3. The number of hydrogen-bond donors (Lipinski definition) is 1. The van der Waals surface area contributed by atoms with Gasteiger partial charge in [-0.2, -0.15) is 0 Å². The third-order valence-corrected chi connectivity index (χ3v) is 4.98. The van der Waals surface area contributed by atoms with E-state index in [2.05, 4.69) is 57.6 Å². The van der Waals surface area contributed by atoms with Gasteiger partial charge in [0.25, 0.3) is 0 Å². The van der Waals surface area contributed by atoms with Gasteiger partial charge in [-0.15, -0.1) is 11.3 Å². The second-order valence-electron chi connectivity index (χ2n) is 4.82. The van der Waals surface area contributed by atoms with Gasteiger partial charge in [0, 0.05) is 15.5 Å². The van der Waals surface area contributed by atoms with Crippen LogP contribution >= 0.6 is 27.3 Å². The van der Waals surface area contributed by atoms with Crippen molar-refractivity contribution >= 4 is 27.3 Å². The molecule has 0 saturated carbocycles. The van der Waals surface area contributed by atoms with Gasteiger partial charge in [0.05, 0.1) is 18.8 Å². The first-order chi connectivity index (χ1) is 10.3. The fourth-order valence-corrected chi connectivity index (χ4v) is 3.76. The van der Waals surface area contributed by atoms with Gasteiger partial charge in [-0.25, -0.2) is 0 Å². The Balaban J connectivity index is 2.26. The summed E-state index contributed by atoms with van der Waals surface area (Å²) in [5.74, 6) is 0.838. The summed E-state index contributed by atoms with van der Waals surface area (Å²) in [4.78, 5) is 5.61. The van der Waals surface area contributed by atoms with Gasteiger partial charge in [-0.1, -0.05) is 13.8 Å². The van der Waals surface area contributed by atoms with E-state index >= 15 is 0 Å². The average Bonchev–Trinajstić information content (AvgIpc) is 2.92. The summed E-state index contributed by atoms with van der Waals surface area (Å²) < 4.78 is 6.84. The quantitative estimate of drug-likeness (QED) is 0.727. The van der Waals surface area contributed by atoms with Crippen LogP contribution in [0.15, 0.2) is 34.4 Å².